The Balaban J connectivity index is 1.49. The molecule has 0 aromatic rings. The predicted molar refractivity (Wildman–Crippen MR) is 117 cm³/mol. The van der Waals surface area contributed by atoms with Crippen LogP contribution < -0.4 is 5.32 Å². The van der Waals surface area contributed by atoms with Crippen molar-refractivity contribution in [1.29, 1.82) is 0 Å². The minimum absolute atomic E-state index is 0.221. The third-order valence-electron chi connectivity index (χ3n) is 9.80. The van der Waals surface area contributed by atoms with E-state index >= 15 is 0 Å². The number of hydrogen-bond donors (Lipinski definition) is 1. The Kier molecular flexibility index (Phi) is 5.47. The number of fused-ring (bicyclic) bond motifs is 5. The Bertz CT molecular complexity index is 636. The smallest absolute Gasteiger partial charge is 0.157 e. The maximum absolute atomic E-state index is 12.0. The third kappa shape index (κ3) is 3.27. The molecule has 2 heteroatoms. The van der Waals surface area contributed by atoms with Gasteiger partial charge in [-0.2, -0.15) is 0 Å². The summed E-state index contributed by atoms with van der Waals surface area (Å²) in [7, 11) is 0. The van der Waals surface area contributed by atoms with E-state index in [-0.39, 0.29) is 5.41 Å². The lowest BCUT2D eigenvalue weighted by molar-refractivity contribution is -0.117. The van der Waals surface area contributed by atoms with Gasteiger partial charge in [0.1, 0.15) is 0 Å². The molecule has 3 fully saturated rings. The van der Waals surface area contributed by atoms with Crippen molar-refractivity contribution in [3.05, 3.63) is 11.8 Å². The second kappa shape index (κ2) is 7.47. The number of ketones is 1. The van der Waals surface area contributed by atoms with Crippen LogP contribution in [0.4, 0.5) is 0 Å². The van der Waals surface area contributed by atoms with Crippen molar-refractivity contribution >= 4 is 5.78 Å². The van der Waals surface area contributed by atoms with Crippen LogP contribution in [0.25, 0.3) is 0 Å². The highest BCUT2D eigenvalue weighted by atomic mass is 16.1. The Labute approximate surface area is 173 Å². The molecule has 4 aliphatic rings. The van der Waals surface area contributed by atoms with Crippen molar-refractivity contribution in [2.75, 3.05) is 6.54 Å². The highest BCUT2D eigenvalue weighted by molar-refractivity contribution is 5.91. The summed E-state index contributed by atoms with van der Waals surface area (Å²) in [4.78, 5) is 12.0. The number of carbonyl (C=O) groups is 1. The van der Waals surface area contributed by atoms with Gasteiger partial charge in [0.05, 0.1) is 0 Å². The summed E-state index contributed by atoms with van der Waals surface area (Å²) in [6.07, 6.45) is 13.6. The lowest BCUT2D eigenvalue weighted by Gasteiger charge is -2.58. The summed E-state index contributed by atoms with van der Waals surface area (Å²) in [5.41, 5.74) is 2.03. The fourth-order valence-electron chi connectivity index (χ4n) is 8.17. The van der Waals surface area contributed by atoms with E-state index < -0.39 is 0 Å². The summed E-state index contributed by atoms with van der Waals surface area (Å²) >= 11 is 0. The topological polar surface area (TPSA) is 29.1 Å². The van der Waals surface area contributed by atoms with Crippen LogP contribution in [0.1, 0.15) is 92.4 Å². The fourth-order valence-corrected chi connectivity index (χ4v) is 8.17. The average Bonchev–Trinajstić information content (AvgIpc) is 2.99. The molecule has 3 aliphatic carbocycles. The fraction of sp³-hybridized carbons (Fsp3) is 0.885. The van der Waals surface area contributed by atoms with Gasteiger partial charge < -0.3 is 5.32 Å². The van der Waals surface area contributed by atoms with E-state index in [1.54, 1.807) is 0 Å². The molecular formula is C26H43NO. The molecule has 2 saturated carbocycles. The first kappa shape index (κ1) is 20.5. The molecule has 0 radical (unpaired) electrons. The van der Waals surface area contributed by atoms with Crippen LogP contribution in [0, 0.1) is 46.3 Å². The number of rotatable bonds is 5. The van der Waals surface area contributed by atoms with Gasteiger partial charge in [0, 0.05) is 30.2 Å². The van der Waals surface area contributed by atoms with Gasteiger partial charge in [-0.1, -0.05) is 53.9 Å². The van der Waals surface area contributed by atoms with Gasteiger partial charge in [0.25, 0.3) is 0 Å². The van der Waals surface area contributed by atoms with Crippen molar-refractivity contribution < 1.29 is 4.79 Å². The zero-order valence-electron chi connectivity index (χ0n) is 19.0. The number of carbonyl (C=O) groups excluding carboxylic acids is 1. The summed E-state index contributed by atoms with van der Waals surface area (Å²) in [5, 5.41) is 3.75. The highest BCUT2D eigenvalue weighted by Crippen LogP contribution is 2.65. The molecule has 4 rings (SSSR count). The quantitative estimate of drug-likeness (QED) is 0.596. The Morgan fingerprint density at radius 2 is 1.86 bits per heavy atom. The third-order valence-corrected chi connectivity index (χ3v) is 9.80. The first-order chi connectivity index (χ1) is 13.3. The van der Waals surface area contributed by atoms with Crippen LogP contribution >= 0.6 is 0 Å². The molecule has 0 aromatic carbocycles. The number of hydrogen-bond acceptors (Lipinski definition) is 2. The minimum Gasteiger partial charge on any atom is -0.387 e. The van der Waals surface area contributed by atoms with E-state index in [0.29, 0.717) is 11.2 Å². The summed E-state index contributed by atoms with van der Waals surface area (Å²) < 4.78 is 0. The van der Waals surface area contributed by atoms with Gasteiger partial charge in [-0.15, -0.1) is 0 Å². The lowest BCUT2D eigenvalue weighted by Crippen LogP contribution is -2.56. The van der Waals surface area contributed by atoms with Crippen LogP contribution in [-0.2, 0) is 4.79 Å². The van der Waals surface area contributed by atoms with E-state index in [2.05, 4.69) is 39.9 Å². The van der Waals surface area contributed by atoms with E-state index in [9.17, 15) is 4.79 Å². The molecule has 1 aliphatic heterocycles. The van der Waals surface area contributed by atoms with Gasteiger partial charge >= 0.3 is 0 Å². The monoisotopic (exact) mass is 385 g/mol. The summed E-state index contributed by atoms with van der Waals surface area (Å²) in [5.74, 6) is 5.43. The van der Waals surface area contributed by atoms with Crippen LogP contribution in [0.5, 0.6) is 0 Å². The zero-order valence-corrected chi connectivity index (χ0v) is 19.0. The molecule has 0 bridgehead atoms. The van der Waals surface area contributed by atoms with Gasteiger partial charge in [-0.05, 0) is 73.0 Å². The van der Waals surface area contributed by atoms with Gasteiger partial charge in [0.15, 0.2) is 5.78 Å². The SMILES string of the molecule is CC(C)CCC[C@@H](C)C1CCC2C3CNC4=CC(=O)CCC4(C)C3CCC21C. The highest BCUT2D eigenvalue weighted by Gasteiger charge is 2.59. The Morgan fingerprint density at radius 1 is 1.07 bits per heavy atom. The maximum Gasteiger partial charge on any atom is 0.157 e. The van der Waals surface area contributed by atoms with Crippen molar-refractivity contribution in [2.45, 2.75) is 92.4 Å². The normalized spacial score (nSPS) is 43.6. The predicted octanol–water partition coefficient (Wildman–Crippen LogP) is 6.36. The van der Waals surface area contributed by atoms with Gasteiger partial charge in [-0.3, -0.25) is 4.79 Å². The molecule has 6 unspecified atom stereocenters. The van der Waals surface area contributed by atoms with Crippen LogP contribution in [0.2, 0.25) is 0 Å². The lowest BCUT2D eigenvalue weighted by atomic mass is 9.49. The second-order valence-corrected chi connectivity index (χ2v) is 11.7. The standard InChI is InChI=1S/C26H43NO/c1-17(2)7-6-8-18(3)21-9-10-22-20-16-27-24-15-19(28)11-13-26(24,5)23(20)12-14-25(21,22)4/h15,17-18,20-23,27H,6-14,16H2,1-5H3/t18-,20?,21?,22?,23?,25?,26?/m1/s1. The number of allylic oxidation sites excluding steroid dienone is 2. The maximum atomic E-state index is 12.0. The molecule has 7 atom stereocenters. The minimum atomic E-state index is 0.221. The Hall–Kier alpha value is -0.790. The molecule has 1 heterocycles. The largest absolute Gasteiger partial charge is 0.387 e. The average molecular weight is 386 g/mol. The van der Waals surface area contributed by atoms with E-state index in [4.69, 9.17) is 0 Å². The van der Waals surface area contributed by atoms with Crippen LogP contribution in [0.15, 0.2) is 11.8 Å². The first-order valence-electron chi connectivity index (χ1n) is 12.2. The molecule has 1 N–H and O–H groups in total. The van der Waals surface area contributed by atoms with Crippen molar-refractivity contribution in [2.24, 2.45) is 46.3 Å². The van der Waals surface area contributed by atoms with Crippen molar-refractivity contribution in [3.63, 3.8) is 0 Å². The molecule has 2 nitrogen and oxygen atoms in total. The molecule has 1 saturated heterocycles. The molecular weight excluding hydrogens is 342 g/mol. The van der Waals surface area contributed by atoms with E-state index in [1.807, 2.05) is 6.08 Å². The molecule has 0 amide bonds. The summed E-state index contributed by atoms with van der Waals surface area (Å²) in [6.45, 7) is 13.5. The van der Waals surface area contributed by atoms with Gasteiger partial charge in [-0.25, -0.2) is 0 Å². The van der Waals surface area contributed by atoms with Crippen molar-refractivity contribution in [1.82, 2.24) is 5.32 Å². The van der Waals surface area contributed by atoms with Crippen molar-refractivity contribution in [3.8, 4) is 0 Å². The zero-order chi connectivity index (χ0) is 20.1. The molecule has 0 spiro atoms. The van der Waals surface area contributed by atoms with Gasteiger partial charge in [0.2, 0.25) is 0 Å². The van der Waals surface area contributed by atoms with E-state index in [0.717, 1.165) is 54.9 Å². The first-order valence-corrected chi connectivity index (χ1v) is 12.2. The molecule has 158 valence electrons. The number of piperidine rings is 1. The Morgan fingerprint density at radius 3 is 2.61 bits per heavy atom. The summed E-state index contributed by atoms with van der Waals surface area (Å²) in [6, 6.07) is 0. The van der Waals surface area contributed by atoms with E-state index in [1.165, 1.54) is 50.6 Å². The second-order valence-electron chi connectivity index (χ2n) is 11.7. The molecule has 28 heavy (non-hydrogen) atoms. The van der Waals surface area contributed by atoms with Crippen LogP contribution in [0.3, 0.4) is 0 Å². The van der Waals surface area contributed by atoms with Crippen LogP contribution in [-0.4, -0.2) is 12.3 Å². The number of nitrogens with one attached hydrogen (secondary N) is 1. The molecule has 0 aromatic heterocycles.